The number of amides is 2. The fourth-order valence-corrected chi connectivity index (χ4v) is 5.09. The van der Waals surface area contributed by atoms with E-state index in [2.05, 4.69) is 15.2 Å². The van der Waals surface area contributed by atoms with E-state index in [1.807, 2.05) is 27.7 Å². The van der Waals surface area contributed by atoms with Gasteiger partial charge < -0.3 is 10.5 Å². The van der Waals surface area contributed by atoms with Crippen LogP contribution in [0.4, 0.5) is 10.5 Å². The molecule has 32 heavy (non-hydrogen) atoms. The van der Waals surface area contributed by atoms with Gasteiger partial charge in [0.2, 0.25) is 0 Å². The van der Waals surface area contributed by atoms with Gasteiger partial charge in [-0.25, -0.2) is 17.9 Å². The Labute approximate surface area is 193 Å². The van der Waals surface area contributed by atoms with E-state index in [9.17, 15) is 18.4 Å². The summed E-state index contributed by atoms with van der Waals surface area (Å²) in [7, 11) is -4.14. The molecule has 0 spiro atoms. The molecule has 0 aliphatic heterocycles. The van der Waals surface area contributed by atoms with Crippen molar-refractivity contribution in [2.24, 2.45) is 5.16 Å². The van der Waals surface area contributed by atoms with Crippen LogP contribution in [0, 0.1) is 0 Å². The van der Waals surface area contributed by atoms with E-state index >= 15 is 0 Å². The van der Waals surface area contributed by atoms with Crippen LogP contribution in [0.1, 0.15) is 74.6 Å². The smallest absolute Gasteiger partial charge is 0.333 e. The minimum Gasteiger partial charge on any atom is -0.411 e. The molecule has 172 valence electrons. The van der Waals surface area contributed by atoms with Crippen LogP contribution in [0.5, 0.6) is 0 Å². The summed E-state index contributed by atoms with van der Waals surface area (Å²) in [5.74, 6) is 0.130. The minimum absolute atomic E-state index is 0.0648. The van der Waals surface area contributed by atoms with E-state index in [0.29, 0.717) is 28.4 Å². The number of nitrogens with zero attached hydrogens (tertiary/aromatic N) is 1. The lowest BCUT2D eigenvalue weighted by atomic mass is 9.90. The van der Waals surface area contributed by atoms with Gasteiger partial charge >= 0.3 is 6.03 Å². The molecule has 2 aromatic rings. The Morgan fingerprint density at radius 2 is 1.69 bits per heavy atom. The van der Waals surface area contributed by atoms with Crippen molar-refractivity contribution >= 4 is 39.1 Å². The molecule has 0 aromatic heterocycles. The van der Waals surface area contributed by atoms with Gasteiger partial charge in [0, 0.05) is 16.3 Å². The van der Waals surface area contributed by atoms with Gasteiger partial charge in [-0.2, -0.15) is 0 Å². The van der Waals surface area contributed by atoms with Gasteiger partial charge in [-0.15, -0.1) is 0 Å². The molecule has 9 heteroatoms. The van der Waals surface area contributed by atoms with Crippen molar-refractivity contribution in [2.45, 2.75) is 63.7 Å². The summed E-state index contributed by atoms with van der Waals surface area (Å²) in [5, 5.41) is 15.8. The van der Waals surface area contributed by atoms with Crippen molar-refractivity contribution in [2.75, 3.05) is 5.32 Å². The first-order valence-corrected chi connectivity index (χ1v) is 12.4. The van der Waals surface area contributed by atoms with Gasteiger partial charge in [0.25, 0.3) is 10.0 Å². The zero-order valence-corrected chi connectivity index (χ0v) is 20.1. The molecule has 0 unspecified atom stereocenters. The number of carbonyl (C=O) groups is 1. The number of oxime groups is 1. The number of fused-ring (bicyclic) bond motifs is 1. The highest BCUT2D eigenvalue weighted by molar-refractivity contribution is 7.90. The van der Waals surface area contributed by atoms with E-state index in [1.165, 1.54) is 12.1 Å². The lowest BCUT2D eigenvalue weighted by Crippen LogP contribution is -2.35. The van der Waals surface area contributed by atoms with Crippen LogP contribution in [-0.4, -0.2) is 25.4 Å². The lowest BCUT2D eigenvalue weighted by Gasteiger charge is -2.21. The molecule has 1 aliphatic rings. The third-order valence-electron chi connectivity index (χ3n) is 5.56. The topological polar surface area (TPSA) is 108 Å². The molecule has 0 fully saturated rings. The zero-order valence-electron chi connectivity index (χ0n) is 18.6. The maximum absolute atomic E-state index is 12.9. The van der Waals surface area contributed by atoms with Crippen LogP contribution in [0.3, 0.4) is 0 Å². The number of urea groups is 1. The Hall–Kier alpha value is -2.58. The van der Waals surface area contributed by atoms with E-state index in [4.69, 9.17) is 11.6 Å². The van der Waals surface area contributed by atoms with Crippen molar-refractivity contribution in [3.05, 3.63) is 57.6 Å². The molecular weight excluding hydrogens is 450 g/mol. The van der Waals surface area contributed by atoms with Gasteiger partial charge in [0.05, 0.1) is 10.6 Å². The van der Waals surface area contributed by atoms with Crippen molar-refractivity contribution in [3.8, 4) is 0 Å². The van der Waals surface area contributed by atoms with Crippen molar-refractivity contribution in [1.82, 2.24) is 4.72 Å². The first-order valence-electron chi connectivity index (χ1n) is 10.5. The number of nitrogens with one attached hydrogen (secondary N) is 2. The predicted octanol–water partition coefficient (Wildman–Crippen LogP) is 5.61. The van der Waals surface area contributed by atoms with Crippen LogP contribution < -0.4 is 10.0 Å². The molecule has 0 radical (unpaired) electrons. The number of benzene rings is 2. The highest BCUT2D eigenvalue weighted by Gasteiger charge is 2.24. The van der Waals surface area contributed by atoms with Gasteiger partial charge in [0.1, 0.15) is 0 Å². The standard InChI is InChI=1S/C23H28ClN3O4S/c1-13(2)18-10-16(24)11-19(14(3)4)22(18)25-23(28)27-32(30,31)17-9-8-15-6-5-7-21(26-29)20(15)12-17/h8-14,29H,5-7H2,1-4H3,(H2,25,27,28)/b26-21+. The number of hydrogen-bond acceptors (Lipinski definition) is 5. The monoisotopic (exact) mass is 477 g/mol. The van der Waals surface area contributed by atoms with Crippen molar-refractivity contribution in [1.29, 1.82) is 0 Å². The Balaban J connectivity index is 1.90. The van der Waals surface area contributed by atoms with Crippen molar-refractivity contribution in [3.63, 3.8) is 0 Å². The quantitative estimate of drug-likeness (QED) is 0.384. The molecule has 2 aromatic carbocycles. The van der Waals surface area contributed by atoms with Crippen LogP contribution >= 0.6 is 11.6 Å². The average molecular weight is 478 g/mol. The summed E-state index contributed by atoms with van der Waals surface area (Å²) in [6, 6.07) is 7.29. The molecule has 2 amide bonds. The zero-order chi connectivity index (χ0) is 23.6. The van der Waals surface area contributed by atoms with Crippen LogP contribution in [0.25, 0.3) is 0 Å². The minimum atomic E-state index is -4.14. The maximum atomic E-state index is 12.9. The number of hydrogen-bond donors (Lipinski definition) is 3. The summed E-state index contributed by atoms with van der Waals surface area (Å²) in [6.45, 7) is 7.90. The average Bonchev–Trinajstić information content (AvgIpc) is 2.73. The third kappa shape index (κ3) is 5.07. The summed E-state index contributed by atoms with van der Waals surface area (Å²) in [4.78, 5) is 12.7. The Bertz CT molecular complexity index is 1140. The molecule has 3 N–H and O–H groups in total. The highest BCUT2D eigenvalue weighted by Crippen LogP contribution is 2.35. The molecule has 0 bridgehead atoms. The van der Waals surface area contributed by atoms with Gasteiger partial charge in [-0.05, 0) is 72.1 Å². The van der Waals surface area contributed by atoms with Gasteiger partial charge in [0.15, 0.2) is 0 Å². The van der Waals surface area contributed by atoms with Gasteiger partial charge in [-0.3, -0.25) is 0 Å². The van der Waals surface area contributed by atoms with E-state index < -0.39 is 16.1 Å². The fraction of sp³-hybridized carbons (Fsp3) is 0.391. The summed E-state index contributed by atoms with van der Waals surface area (Å²) >= 11 is 6.26. The number of halogens is 1. The second kappa shape index (κ2) is 9.50. The molecule has 0 heterocycles. The van der Waals surface area contributed by atoms with Crippen molar-refractivity contribution < 1.29 is 18.4 Å². The van der Waals surface area contributed by atoms with E-state index in [-0.39, 0.29) is 16.7 Å². The Kier molecular flexibility index (Phi) is 7.15. The maximum Gasteiger partial charge on any atom is 0.333 e. The molecule has 1 aliphatic carbocycles. The summed E-state index contributed by atoms with van der Waals surface area (Å²) in [5.41, 5.74) is 4.16. The molecule has 0 atom stereocenters. The summed E-state index contributed by atoms with van der Waals surface area (Å²) in [6.07, 6.45) is 2.17. The fourth-order valence-electron chi connectivity index (χ4n) is 3.92. The number of anilines is 1. The number of sulfonamides is 1. The van der Waals surface area contributed by atoms with Crippen LogP contribution in [0.2, 0.25) is 5.02 Å². The molecule has 0 saturated carbocycles. The summed E-state index contributed by atoms with van der Waals surface area (Å²) < 4.78 is 27.9. The van der Waals surface area contributed by atoms with E-state index in [1.54, 1.807) is 18.2 Å². The Morgan fingerprint density at radius 1 is 1.06 bits per heavy atom. The van der Waals surface area contributed by atoms with Crippen LogP contribution in [-0.2, 0) is 16.4 Å². The Morgan fingerprint density at radius 3 is 2.25 bits per heavy atom. The first-order chi connectivity index (χ1) is 15.0. The predicted molar refractivity (Wildman–Crippen MR) is 127 cm³/mol. The van der Waals surface area contributed by atoms with Gasteiger partial charge in [-0.1, -0.05) is 50.5 Å². The number of aryl methyl sites for hydroxylation is 1. The molecule has 3 rings (SSSR count). The van der Waals surface area contributed by atoms with Crippen LogP contribution in [0.15, 0.2) is 40.4 Å². The second-order valence-corrected chi connectivity index (χ2v) is 10.7. The molecular formula is C23H28ClN3O4S. The molecule has 7 nitrogen and oxygen atoms in total. The second-order valence-electron chi connectivity index (χ2n) is 8.55. The number of rotatable bonds is 5. The normalized spacial score (nSPS) is 15.2. The van der Waals surface area contributed by atoms with E-state index in [0.717, 1.165) is 29.5 Å². The largest absolute Gasteiger partial charge is 0.411 e. The lowest BCUT2D eigenvalue weighted by molar-refractivity contribution is 0.256. The first kappa shape index (κ1) is 24.1. The molecule has 0 saturated heterocycles. The third-order valence-corrected chi connectivity index (χ3v) is 7.10. The highest BCUT2D eigenvalue weighted by atomic mass is 35.5. The SMILES string of the molecule is CC(C)c1cc(Cl)cc(C(C)C)c1NC(=O)NS(=O)(=O)c1ccc2c(c1)/C(=N/O)CCC2. The number of carbonyl (C=O) groups excluding carboxylic acids is 1.